The van der Waals surface area contributed by atoms with Gasteiger partial charge in [0.05, 0.1) is 5.69 Å². The van der Waals surface area contributed by atoms with Gasteiger partial charge in [-0.3, -0.25) is 4.98 Å². The summed E-state index contributed by atoms with van der Waals surface area (Å²) < 4.78 is 0. The molecule has 2 heterocycles. The lowest BCUT2D eigenvalue weighted by Gasteiger charge is -2.15. The predicted molar refractivity (Wildman–Crippen MR) is 188 cm³/mol. The number of nitrogens with one attached hydrogen (secondary N) is 1. The number of benzene rings is 1. The van der Waals surface area contributed by atoms with Crippen molar-refractivity contribution in [2.24, 2.45) is 0 Å². The molecule has 2 aromatic heterocycles. The molecule has 0 fully saturated rings. The molecule has 1 radical (unpaired) electrons. The van der Waals surface area contributed by atoms with Crippen molar-refractivity contribution < 1.29 is 0 Å². The Morgan fingerprint density at radius 1 is 0.744 bits per heavy atom. The van der Waals surface area contributed by atoms with E-state index in [1.54, 1.807) is 17.8 Å². The number of aromatic amines is 1. The van der Waals surface area contributed by atoms with Crippen LogP contribution in [0.2, 0.25) is 10.0 Å². The highest BCUT2D eigenvalue weighted by molar-refractivity contribution is 7.99. The monoisotopic (exact) mass is 642 g/mol. The molecule has 43 heavy (non-hydrogen) atoms. The van der Waals surface area contributed by atoms with Crippen LogP contribution in [0.1, 0.15) is 152 Å². The summed E-state index contributed by atoms with van der Waals surface area (Å²) in [6.45, 7) is 8.35. The highest BCUT2D eigenvalue weighted by atomic mass is 35.5. The molecule has 0 saturated heterocycles. The van der Waals surface area contributed by atoms with Crippen LogP contribution in [0.25, 0.3) is 0 Å². The number of nitrogens with zero attached hydrogens (tertiary/aromatic N) is 2. The third-order valence-electron chi connectivity index (χ3n) is 8.24. The molecule has 0 spiro atoms. The van der Waals surface area contributed by atoms with E-state index in [0.29, 0.717) is 21.9 Å². The van der Waals surface area contributed by atoms with Gasteiger partial charge in [-0.2, -0.15) is 0 Å². The maximum Gasteiger partial charge on any atom is 0.110 e. The van der Waals surface area contributed by atoms with Crippen molar-refractivity contribution in [2.75, 3.05) is 0 Å². The third-order valence-corrected chi connectivity index (χ3v) is 9.66. The third kappa shape index (κ3) is 14.4. The Hall–Kier alpha value is -1.49. The smallest absolute Gasteiger partial charge is 0.110 e. The van der Waals surface area contributed by atoms with E-state index in [1.165, 1.54) is 102 Å². The molecule has 0 amide bonds. The summed E-state index contributed by atoms with van der Waals surface area (Å²) in [5, 5.41) is 2.39. The molecule has 1 unspecified atom stereocenters. The molecule has 0 saturated carbocycles. The fraction of sp³-hybridized carbons (Fsp3) is 0.595. The highest BCUT2D eigenvalue weighted by Gasteiger charge is 2.21. The van der Waals surface area contributed by atoms with Gasteiger partial charge in [0.1, 0.15) is 10.9 Å². The van der Waals surface area contributed by atoms with Crippen LogP contribution < -0.4 is 0 Å². The van der Waals surface area contributed by atoms with Gasteiger partial charge in [-0.15, -0.1) is 0 Å². The van der Waals surface area contributed by atoms with Crippen molar-refractivity contribution in [3.63, 3.8) is 0 Å². The molecule has 0 bridgehead atoms. The highest BCUT2D eigenvalue weighted by Crippen LogP contribution is 2.37. The molecule has 1 atom stereocenters. The molecule has 0 aliphatic heterocycles. The molecule has 3 aromatic rings. The van der Waals surface area contributed by atoms with Crippen LogP contribution in [0.4, 0.5) is 0 Å². The number of imidazole rings is 1. The summed E-state index contributed by atoms with van der Waals surface area (Å²) in [4.78, 5) is 14.2. The molecule has 1 aromatic carbocycles. The van der Waals surface area contributed by atoms with E-state index in [4.69, 9.17) is 28.2 Å². The predicted octanol–water partition coefficient (Wildman–Crippen LogP) is 13.2. The zero-order chi connectivity index (χ0) is 30.7. The Morgan fingerprint density at radius 2 is 1.26 bits per heavy atom. The largest absolute Gasteiger partial charge is 0.336 e. The first-order chi connectivity index (χ1) is 21.0. The van der Waals surface area contributed by atoms with Gasteiger partial charge in [-0.1, -0.05) is 158 Å². The first-order valence-electron chi connectivity index (χ1n) is 16.9. The normalized spacial score (nSPS) is 12.3. The number of rotatable bonds is 23. The number of unbranched alkanes of at least 4 members (excludes halogenated alkanes) is 15. The van der Waals surface area contributed by atoms with Crippen molar-refractivity contribution in [1.82, 2.24) is 15.0 Å². The molecular formula is C37H54Cl2N3S. The number of hydrogen-bond donors (Lipinski definition) is 1. The van der Waals surface area contributed by atoms with Gasteiger partial charge >= 0.3 is 0 Å². The van der Waals surface area contributed by atoms with Crippen LogP contribution in [0.5, 0.6) is 0 Å². The molecule has 0 aliphatic rings. The molecular weight excluding hydrogens is 589 g/mol. The zero-order valence-corrected chi connectivity index (χ0v) is 29.0. The van der Waals surface area contributed by atoms with Gasteiger partial charge in [0.15, 0.2) is 0 Å². The average molecular weight is 644 g/mol. The summed E-state index contributed by atoms with van der Waals surface area (Å²) in [5.74, 6) is 1.76. The topological polar surface area (TPSA) is 41.6 Å². The number of pyridine rings is 1. The van der Waals surface area contributed by atoms with E-state index in [-0.39, 0.29) is 0 Å². The first-order valence-corrected chi connectivity index (χ1v) is 18.5. The lowest BCUT2D eigenvalue weighted by atomic mass is 9.93. The Balaban J connectivity index is 1.44. The van der Waals surface area contributed by atoms with E-state index in [9.17, 15) is 0 Å². The molecule has 1 N–H and O–H groups in total. The zero-order valence-electron chi connectivity index (χ0n) is 26.7. The van der Waals surface area contributed by atoms with E-state index in [0.717, 1.165) is 40.7 Å². The fourth-order valence-corrected chi connectivity index (χ4v) is 7.57. The lowest BCUT2D eigenvalue weighted by Crippen LogP contribution is -2.06. The quantitative estimate of drug-likeness (QED) is 0.105. The second-order valence-corrected chi connectivity index (χ2v) is 14.4. The fourth-order valence-electron chi connectivity index (χ4n) is 5.76. The standard InChI is InChI=1S/C37H54Cl2N3S/c1-4-5-6-7-8-9-10-11-12-13-14-15-16-17-18-19-20-31(25-30-21-23-40-24-22-30)36-41-35(29(2)3)37(42-36)43-34-27-32(38)26-33(39)28-34/h21-24,26-29,31H,1,4-20,25H2,2-3H3,(H,41,42). The SMILES string of the molecule is [CH2]CCCCCCCCCCCCCCCCCC(Cc1ccncc1)c1nc(C(C)C)c(Sc2cc(Cl)cc(Cl)c2)[nH]1. The van der Waals surface area contributed by atoms with Gasteiger partial charge in [0, 0.05) is 33.3 Å². The number of halogens is 2. The second-order valence-electron chi connectivity index (χ2n) is 12.4. The number of H-pyrrole nitrogens is 1. The number of hydrogen-bond acceptors (Lipinski definition) is 3. The minimum atomic E-state index is 0.317. The van der Waals surface area contributed by atoms with Crippen LogP contribution in [0.15, 0.2) is 52.6 Å². The van der Waals surface area contributed by atoms with E-state index >= 15 is 0 Å². The maximum absolute atomic E-state index is 6.29. The van der Waals surface area contributed by atoms with Crippen LogP contribution in [-0.4, -0.2) is 15.0 Å². The first kappa shape index (κ1) is 36.0. The maximum atomic E-state index is 6.29. The Kier molecular flexibility index (Phi) is 17.8. The summed E-state index contributed by atoms with van der Waals surface area (Å²) >= 11 is 14.3. The van der Waals surface area contributed by atoms with Gasteiger partial charge in [-0.05, 0) is 54.7 Å². The van der Waals surface area contributed by atoms with Gasteiger partial charge in [0.2, 0.25) is 0 Å². The Morgan fingerprint density at radius 3 is 1.77 bits per heavy atom. The van der Waals surface area contributed by atoms with Crippen molar-refractivity contribution in [2.45, 2.75) is 151 Å². The molecule has 6 heteroatoms. The van der Waals surface area contributed by atoms with E-state index < -0.39 is 0 Å². The lowest BCUT2D eigenvalue weighted by molar-refractivity contribution is 0.507. The van der Waals surface area contributed by atoms with Gasteiger partial charge in [-0.25, -0.2) is 4.98 Å². The van der Waals surface area contributed by atoms with Crippen LogP contribution in [0, 0.1) is 6.92 Å². The van der Waals surface area contributed by atoms with Crippen molar-refractivity contribution >= 4 is 35.0 Å². The minimum absolute atomic E-state index is 0.317. The minimum Gasteiger partial charge on any atom is -0.336 e. The molecule has 3 nitrogen and oxygen atoms in total. The summed E-state index contributed by atoms with van der Waals surface area (Å²) in [6, 6.07) is 9.97. The summed E-state index contributed by atoms with van der Waals surface area (Å²) in [7, 11) is 0. The molecule has 3 rings (SSSR count). The van der Waals surface area contributed by atoms with Crippen molar-refractivity contribution in [3.05, 3.63) is 76.8 Å². The van der Waals surface area contributed by atoms with Crippen LogP contribution in [-0.2, 0) is 6.42 Å². The van der Waals surface area contributed by atoms with E-state index in [1.807, 2.05) is 24.5 Å². The van der Waals surface area contributed by atoms with Crippen LogP contribution in [0.3, 0.4) is 0 Å². The molecule has 0 aliphatic carbocycles. The average Bonchev–Trinajstić information content (AvgIpc) is 3.40. The Bertz CT molecular complexity index is 1130. The second kappa shape index (κ2) is 21.3. The number of aromatic nitrogens is 3. The Labute approximate surface area is 276 Å². The van der Waals surface area contributed by atoms with Crippen molar-refractivity contribution in [1.29, 1.82) is 0 Å². The molecule has 237 valence electrons. The summed E-state index contributed by atoms with van der Waals surface area (Å²) in [5.41, 5.74) is 2.42. The summed E-state index contributed by atoms with van der Waals surface area (Å²) in [6.07, 6.45) is 27.6. The van der Waals surface area contributed by atoms with Crippen molar-refractivity contribution in [3.8, 4) is 0 Å². The van der Waals surface area contributed by atoms with Gasteiger partial charge in [0.25, 0.3) is 0 Å². The van der Waals surface area contributed by atoms with Gasteiger partial charge < -0.3 is 4.98 Å². The van der Waals surface area contributed by atoms with Crippen LogP contribution >= 0.6 is 35.0 Å². The van der Waals surface area contributed by atoms with E-state index in [2.05, 4.69) is 42.9 Å².